The van der Waals surface area contributed by atoms with Crippen molar-refractivity contribution in [1.29, 1.82) is 0 Å². The Hall–Kier alpha value is -0.900. The lowest BCUT2D eigenvalue weighted by atomic mass is 10.1. The number of hydrogen-bond donors (Lipinski definition) is 3. The molecule has 1 aliphatic carbocycles. The first-order valence-corrected chi connectivity index (χ1v) is 5.32. The molecule has 0 bridgehead atoms. The van der Waals surface area contributed by atoms with E-state index in [0.717, 1.165) is 6.42 Å². The largest absolute Gasteiger partial charge is 0.376 e. The Balaban J connectivity index is 2.25. The van der Waals surface area contributed by atoms with E-state index in [1.54, 1.807) is 13.8 Å². The molecule has 2 rings (SSSR count). The summed E-state index contributed by atoms with van der Waals surface area (Å²) in [6.45, 7) is 3.50. The first kappa shape index (κ1) is 10.6. The molecule has 1 unspecified atom stereocenters. The monoisotopic (exact) mass is 206 g/mol. The van der Waals surface area contributed by atoms with Gasteiger partial charge in [0.15, 0.2) is 0 Å². The van der Waals surface area contributed by atoms with Gasteiger partial charge in [0.1, 0.15) is 5.72 Å². The van der Waals surface area contributed by atoms with Crippen molar-refractivity contribution in [1.82, 2.24) is 5.32 Å². The molecule has 0 amide bonds. The average Bonchev–Trinajstić information content (AvgIpc) is 2.42. The van der Waals surface area contributed by atoms with Gasteiger partial charge in [0.2, 0.25) is 0 Å². The van der Waals surface area contributed by atoms with Gasteiger partial charge in [-0.1, -0.05) is 24.3 Å². The summed E-state index contributed by atoms with van der Waals surface area (Å²) in [7, 11) is 0. The summed E-state index contributed by atoms with van der Waals surface area (Å²) in [5, 5.41) is 12.9. The maximum Gasteiger partial charge on any atom is 0.110 e. The molecule has 0 aliphatic heterocycles. The van der Waals surface area contributed by atoms with Crippen molar-refractivity contribution in [2.45, 2.75) is 38.1 Å². The number of rotatable bonds is 2. The van der Waals surface area contributed by atoms with Gasteiger partial charge in [0, 0.05) is 12.1 Å². The van der Waals surface area contributed by atoms with E-state index in [2.05, 4.69) is 17.4 Å². The van der Waals surface area contributed by atoms with E-state index in [-0.39, 0.29) is 12.1 Å². The van der Waals surface area contributed by atoms with Crippen LogP contribution in [0.5, 0.6) is 0 Å². The van der Waals surface area contributed by atoms with Crippen LogP contribution in [0.3, 0.4) is 0 Å². The average molecular weight is 206 g/mol. The molecule has 0 spiro atoms. The molecular formula is C12H18N2O. The fourth-order valence-electron chi connectivity index (χ4n) is 2.24. The summed E-state index contributed by atoms with van der Waals surface area (Å²) in [6.07, 6.45) is 0.851. The third-order valence-corrected chi connectivity index (χ3v) is 2.79. The van der Waals surface area contributed by atoms with Crippen LogP contribution in [0.4, 0.5) is 0 Å². The van der Waals surface area contributed by atoms with Crippen LogP contribution in [0, 0.1) is 0 Å². The highest BCUT2D eigenvalue weighted by molar-refractivity contribution is 5.37. The van der Waals surface area contributed by atoms with Crippen LogP contribution in [0.2, 0.25) is 0 Å². The van der Waals surface area contributed by atoms with Crippen molar-refractivity contribution in [3.63, 3.8) is 0 Å². The normalized spacial score (nSPS) is 25.3. The molecule has 2 atom stereocenters. The van der Waals surface area contributed by atoms with Crippen molar-refractivity contribution in [3.05, 3.63) is 35.4 Å². The minimum atomic E-state index is -0.859. The van der Waals surface area contributed by atoms with Crippen LogP contribution < -0.4 is 11.1 Å². The Morgan fingerprint density at radius 1 is 1.33 bits per heavy atom. The Labute approximate surface area is 90.3 Å². The number of nitrogens with one attached hydrogen (secondary N) is 1. The van der Waals surface area contributed by atoms with Gasteiger partial charge in [0.25, 0.3) is 0 Å². The molecule has 1 aromatic rings. The molecule has 0 fully saturated rings. The van der Waals surface area contributed by atoms with Crippen LogP contribution >= 0.6 is 0 Å². The number of aliphatic hydroxyl groups is 1. The van der Waals surface area contributed by atoms with Crippen LogP contribution in [0.15, 0.2) is 24.3 Å². The molecular weight excluding hydrogens is 188 g/mol. The molecule has 4 N–H and O–H groups in total. The van der Waals surface area contributed by atoms with Crippen LogP contribution in [0.1, 0.15) is 43.5 Å². The summed E-state index contributed by atoms with van der Waals surface area (Å²) in [6, 6.07) is 8.40. The van der Waals surface area contributed by atoms with Gasteiger partial charge in [-0.2, -0.15) is 0 Å². The van der Waals surface area contributed by atoms with E-state index in [1.807, 2.05) is 12.1 Å². The summed E-state index contributed by atoms with van der Waals surface area (Å²) in [5.41, 5.74) is 7.58. The quantitative estimate of drug-likeness (QED) is 0.642. The molecule has 1 aliphatic rings. The third-order valence-electron chi connectivity index (χ3n) is 2.79. The maximum absolute atomic E-state index is 9.74. The van der Waals surface area contributed by atoms with Crippen molar-refractivity contribution in [2.24, 2.45) is 5.73 Å². The van der Waals surface area contributed by atoms with Gasteiger partial charge in [0.05, 0.1) is 0 Å². The number of benzene rings is 1. The predicted molar refractivity (Wildman–Crippen MR) is 60.2 cm³/mol. The van der Waals surface area contributed by atoms with Gasteiger partial charge >= 0.3 is 0 Å². The number of fused-ring (bicyclic) bond motifs is 1. The zero-order valence-corrected chi connectivity index (χ0v) is 9.20. The Morgan fingerprint density at radius 3 is 2.53 bits per heavy atom. The summed E-state index contributed by atoms with van der Waals surface area (Å²) >= 11 is 0. The van der Waals surface area contributed by atoms with Crippen molar-refractivity contribution >= 4 is 0 Å². The fraction of sp³-hybridized carbons (Fsp3) is 0.500. The minimum absolute atomic E-state index is 0.0843. The SMILES string of the molecule is CC(C)(O)N[C@@H]1CC(N)c2ccccc21. The van der Waals surface area contributed by atoms with Gasteiger partial charge < -0.3 is 10.8 Å². The zero-order valence-electron chi connectivity index (χ0n) is 9.20. The molecule has 0 aromatic heterocycles. The molecule has 3 heteroatoms. The summed E-state index contributed by atoms with van der Waals surface area (Å²) < 4.78 is 0. The second kappa shape index (κ2) is 3.59. The highest BCUT2D eigenvalue weighted by Gasteiger charge is 2.30. The van der Waals surface area contributed by atoms with Crippen molar-refractivity contribution in [3.8, 4) is 0 Å². The topological polar surface area (TPSA) is 58.3 Å². The number of hydrogen-bond acceptors (Lipinski definition) is 3. The lowest BCUT2D eigenvalue weighted by molar-refractivity contribution is 0.0302. The fourth-order valence-corrected chi connectivity index (χ4v) is 2.24. The van der Waals surface area contributed by atoms with Crippen LogP contribution in [-0.2, 0) is 0 Å². The molecule has 0 saturated carbocycles. The number of nitrogens with two attached hydrogens (primary N) is 1. The van der Waals surface area contributed by atoms with Gasteiger partial charge in [-0.3, -0.25) is 5.32 Å². The molecule has 0 saturated heterocycles. The minimum Gasteiger partial charge on any atom is -0.376 e. The van der Waals surface area contributed by atoms with Crippen LogP contribution in [-0.4, -0.2) is 10.8 Å². The Bertz CT molecular complexity index is 357. The molecule has 82 valence electrons. The van der Waals surface area contributed by atoms with E-state index in [4.69, 9.17) is 5.73 Å². The molecule has 15 heavy (non-hydrogen) atoms. The summed E-state index contributed by atoms with van der Waals surface area (Å²) in [4.78, 5) is 0. The highest BCUT2D eigenvalue weighted by atomic mass is 16.3. The Kier molecular flexibility index (Phi) is 2.54. The standard InChI is InChI=1S/C12H18N2O/c1-12(2,15)14-11-7-10(13)8-5-3-4-6-9(8)11/h3-6,10-11,14-15H,7,13H2,1-2H3/t10?,11-/m1/s1. The maximum atomic E-state index is 9.74. The summed E-state index contributed by atoms with van der Waals surface area (Å²) in [5.74, 6) is 0. The predicted octanol–water partition coefficient (Wildman–Crippen LogP) is 1.45. The second-order valence-electron chi connectivity index (χ2n) is 4.73. The van der Waals surface area contributed by atoms with Crippen molar-refractivity contribution in [2.75, 3.05) is 0 Å². The van der Waals surface area contributed by atoms with Crippen LogP contribution in [0.25, 0.3) is 0 Å². The van der Waals surface area contributed by atoms with E-state index >= 15 is 0 Å². The van der Waals surface area contributed by atoms with Gasteiger partial charge in [-0.15, -0.1) is 0 Å². The smallest absolute Gasteiger partial charge is 0.110 e. The first-order valence-electron chi connectivity index (χ1n) is 5.32. The molecule has 0 radical (unpaired) electrons. The lowest BCUT2D eigenvalue weighted by Crippen LogP contribution is -2.40. The second-order valence-corrected chi connectivity index (χ2v) is 4.73. The van der Waals surface area contributed by atoms with E-state index < -0.39 is 5.72 Å². The zero-order chi connectivity index (χ0) is 11.1. The van der Waals surface area contributed by atoms with E-state index in [0.29, 0.717) is 0 Å². The van der Waals surface area contributed by atoms with Gasteiger partial charge in [-0.05, 0) is 31.4 Å². The highest BCUT2D eigenvalue weighted by Crippen LogP contribution is 2.37. The molecule has 1 aromatic carbocycles. The first-order chi connectivity index (χ1) is 6.97. The van der Waals surface area contributed by atoms with E-state index in [1.165, 1.54) is 11.1 Å². The van der Waals surface area contributed by atoms with Crippen molar-refractivity contribution < 1.29 is 5.11 Å². The molecule has 0 heterocycles. The lowest BCUT2D eigenvalue weighted by Gasteiger charge is -2.25. The van der Waals surface area contributed by atoms with E-state index in [9.17, 15) is 5.11 Å². The van der Waals surface area contributed by atoms with Gasteiger partial charge in [-0.25, -0.2) is 0 Å². The Morgan fingerprint density at radius 2 is 1.93 bits per heavy atom. The third kappa shape index (κ3) is 2.20. The molecule has 3 nitrogen and oxygen atoms in total.